The van der Waals surface area contributed by atoms with Gasteiger partial charge in [-0.3, -0.25) is 4.79 Å². The predicted molar refractivity (Wildman–Crippen MR) is 99.7 cm³/mol. The Morgan fingerprint density at radius 1 is 1.15 bits per heavy atom. The second-order valence-electron chi connectivity index (χ2n) is 6.05. The van der Waals surface area contributed by atoms with Crippen molar-refractivity contribution in [2.75, 3.05) is 38.2 Å². The highest BCUT2D eigenvalue weighted by atomic mass is 35.5. The Labute approximate surface area is 161 Å². The molecule has 0 bridgehead atoms. The standard InChI is InChI=1S/C18H19ClN4O4/c1-27-15-10-12(3-4-20-15)17(24)23-6-2-5-22(7-8-23)16-14(19)9-13(11-21-16)18(25)26/h3-4,9-11H,2,5-8H2,1H3,(H,25,26). The maximum absolute atomic E-state index is 12.8. The lowest BCUT2D eigenvalue weighted by Crippen LogP contribution is -2.35. The lowest BCUT2D eigenvalue weighted by molar-refractivity contribution is 0.0695. The van der Waals surface area contributed by atoms with E-state index >= 15 is 0 Å². The van der Waals surface area contributed by atoms with Gasteiger partial charge in [0.25, 0.3) is 5.91 Å². The van der Waals surface area contributed by atoms with Gasteiger partial charge in [-0.1, -0.05) is 11.6 Å². The number of aromatic carboxylic acids is 1. The van der Waals surface area contributed by atoms with Gasteiger partial charge in [0.15, 0.2) is 0 Å². The highest BCUT2D eigenvalue weighted by molar-refractivity contribution is 6.33. The molecule has 0 unspecified atom stereocenters. The minimum Gasteiger partial charge on any atom is -0.481 e. The van der Waals surface area contributed by atoms with Crippen molar-refractivity contribution >= 4 is 29.3 Å². The number of carboxylic acids is 1. The average molecular weight is 391 g/mol. The van der Waals surface area contributed by atoms with Crippen LogP contribution in [0.4, 0.5) is 5.82 Å². The number of amides is 1. The van der Waals surface area contributed by atoms with Gasteiger partial charge in [-0.2, -0.15) is 0 Å². The first-order valence-corrected chi connectivity index (χ1v) is 8.80. The maximum atomic E-state index is 12.8. The Morgan fingerprint density at radius 3 is 2.67 bits per heavy atom. The van der Waals surface area contributed by atoms with E-state index in [0.29, 0.717) is 43.4 Å². The van der Waals surface area contributed by atoms with Crippen molar-refractivity contribution in [3.05, 3.63) is 46.7 Å². The molecular formula is C18H19ClN4O4. The SMILES string of the molecule is COc1cc(C(=O)N2CCCN(c3ncc(C(=O)O)cc3Cl)CC2)ccn1. The lowest BCUT2D eigenvalue weighted by Gasteiger charge is -2.23. The van der Waals surface area contributed by atoms with E-state index in [2.05, 4.69) is 9.97 Å². The van der Waals surface area contributed by atoms with E-state index in [4.69, 9.17) is 21.4 Å². The van der Waals surface area contributed by atoms with Crippen LogP contribution in [0.1, 0.15) is 27.1 Å². The summed E-state index contributed by atoms with van der Waals surface area (Å²) in [6.07, 6.45) is 3.58. The number of aromatic nitrogens is 2. The zero-order chi connectivity index (χ0) is 19.4. The van der Waals surface area contributed by atoms with Gasteiger partial charge in [0.05, 0.1) is 17.7 Å². The van der Waals surface area contributed by atoms with Crippen molar-refractivity contribution in [2.45, 2.75) is 6.42 Å². The quantitative estimate of drug-likeness (QED) is 0.854. The molecule has 0 saturated carbocycles. The molecule has 1 aliphatic heterocycles. The maximum Gasteiger partial charge on any atom is 0.337 e. The third-order valence-corrected chi connectivity index (χ3v) is 4.62. The normalized spacial score (nSPS) is 14.6. The number of rotatable bonds is 4. The van der Waals surface area contributed by atoms with E-state index in [1.54, 1.807) is 23.2 Å². The number of hydrogen-bond donors (Lipinski definition) is 1. The highest BCUT2D eigenvalue weighted by Crippen LogP contribution is 2.25. The van der Waals surface area contributed by atoms with Crippen LogP contribution in [0.25, 0.3) is 0 Å². The average Bonchev–Trinajstić information content (AvgIpc) is 2.93. The first kappa shape index (κ1) is 18.9. The number of hydrogen-bond acceptors (Lipinski definition) is 6. The molecule has 27 heavy (non-hydrogen) atoms. The number of anilines is 1. The van der Waals surface area contributed by atoms with Gasteiger partial charge < -0.3 is 19.6 Å². The van der Waals surface area contributed by atoms with Gasteiger partial charge in [-0.15, -0.1) is 0 Å². The van der Waals surface area contributed by atoms with E-state index in [1.807, 2.05) is 4.90 Å². The van der Waals surface area contributed by atoms with Gasteiger partial charge in [0, 0.05) is 50.2 Å². The topological polar surface area (TPSA) is 95.9 Å². The molecule has 1 saturated heterocycles. The summed E-state index contributed by atoms with van der Waals surface area (Å²) < 4.78 is 5.08. The zero-order valence-corrected chi connectivity index (χ0v) is 15.5. The summed E-state index contributed by atoms with van der Waals surface area (Å²) in [4.78, 5) is 35.7. The smallest absolute Gasteiger partial charge is 0.337 e. The Kier molecular flexibility index (Phi) is 5.75. The fraction of sp³-hybridized carbons (Fsp3) is 0.333. The fourth-order valence-corrected chi connectivity index (χ4v) is 3.24. The molecule has 1 aliphatic rings. The van der Waals surface area contributed by atoms with Crippen molar-refractivity contribution in [3.8, 4) is 5.88 Å². The van der Waals surface area contributed by atoms with E-state index in [9.17, 15) is 9.59 Å². The minimum atomic E-state index is -1.07. The highest BCUT2D eigenvalue weighted by Gasteiger charge is 2.23. The van der Waals surface area contributed by atoms with Crippen LogP contribution < -0.4 is 9.64 Å². The van der Waals surface area contributed by atoms with E-state index < -0.39 is 5.97 Å². The molecular weight excluding hydrogens is 372 g/mol. The third-order valence-electron chi connectivity index (χ3n) is 4.34. The molecule has 3 rings (SSSR count). The summed E-state index contributed by atoms with van der Waals surface area (Å²) in [6, 6.07) is 4.67. The first-order valence-electron chi connectivity index (χ1n) is 8.42. The molecule has 1 amide bonds. The van der Waals surface area contributed by atoms with Crippen molar-refractivity contribution in [2.24, 2.45) is 0 Å². The minimum absolute atomic E-state index is 0.0435. The molecule has 2 aromatic rings. The first-order chi connectivity index (χ1) is 13.0. The summed E-state index contributed by atoms with van der Waals surface area (Å²) in [5.74, 6) is -0.234. The third kappa shape index (κ3) is 4.28. The molecule has 1 N–H and O–H groups in total. The number of pyridine rings is 2. The number of ether oxygens (including phenoxy) is 1. The van der Waals surface area contributed by atoms with Crippen LogP contribution in [0.15, 0.2) is 30.6 Å². The molecule has 0 aromatic carbocycles. The monoisotopic (exact) mass is 390 g/mol. The molecule has 3 heterocycles. The number of carboxylic acid groups (broad SMARTS) is 1. The molecule has 1 fully saturated rings. The van der Waals surface area contributed by atoms with Crippen LogP contribution in [-0.2, 0) is 0 Å². The molecule has 9 heteroatoms. The fourth-order valence-electron chi connectivity index (χ4n) is 2.95. The second-order valence-corrected chi connectivity index (χ2v) is 6.46. The van der Waals surface area contributed by atoms with Gasteiger partial charge in [0.1, 0.15) is 5.82 Å². The summed E-state index contributed by atoms with van der Waals surface area (Å²) in [5, 5.41) is 9.31. The summed E-state index contributed by atoms with van der Waals surface area (Å²) in [5.41, 5.74) is 0.569. The van der Waals surface area contributed by atoms with Crippen molar-refractivity contribution in [3.63, 3.8) is 0 Å². The molecule has 0 spiro atoms. The number of halogens is 1. The summed E-state index contributed by atoms with van der Waals surface area (Å²) in [6.45, 7) is 2.32. The number of carbonyl (C=O) groups excluding carboxylic acids is 1. The molecule has 0 radical (unpaired) electrons. The lowest BCUT2D eigenvalue weighted by atomic mass is 10.2. The molecule has 2 aromatic heterocycles. The van der Waals surface area contributed by atoms with Crippen LogP contribution >= 0.6 is 11.6 Å². The summed E-state index contributed by atoms with van der Waals surface area (Å²) >= 11 is 6.22. The Bertz CT molecular complexity index is 861. The van der Waals surface area contributed by atoms with Crippen LogP contribution in [0, 0.1) is 0 Å². The van der Waals surface area contributed by atoms with Gasteiger partial charge >= 0.3 is 5.97 Å². The molecule has 0 atom stereocenters. The van der Waals surface area contributed by atoms with Crippen molar-refractivity contribution in [1.82, 2.24) is 14.9 Å². The second kappa shape index (κ2) is 8.22. The Morgan fingerprint density at radius 2 is 1.96 bits per heavy atom. The molecule has 142 valence electrons. The van der Waals surface area contributed by atoms with Gasteiger partial charge in [-0.25, -0.2) is 14.8 Å². The van der Waals surface area contributed by atoms with Crippen LogP contribution in [-0.4, -0.2) is 65.1 Å². The Hall–Kier alpha value is -2.87. The van der Waals surface area contributed by atoms with E-state index in [0.717, 1.165) is 6.42 Å². The Balaban J connectivity index is 1.72. The number of nitrogens with zero attached hydrogens (tertiary/aromatic N) is 4. The van der Waals surface area contributed by atoms with Crippen LogP contribution in [0.2, 0.25) is 5.02 Å². The van der Waals surface area contributed by atoms with Gasteiger partial charge in [-0.05, 0) is 18.6 Å². The zero-order valence-electron chi connectivity index (χ0n) is 14.8. The molecule has 0 aliphatic carbocycles. The van der Waals surface area contributed by atoms with Crippen molar-refractivity contribution in [1.29, 1.82) is 0 Å². The summed E-state index contributed by atoms with van der Waals surface area (Å²) in [7, 11) is 1.51. The number of carbonyl (C=O) groups is 2. The van der Waals surface area contributed by atoms with Crippen LogP contribution in [0.5, 0.6) is 5.88 Å². The van der Waals surface area contributed by atoms with Gasteiger partial charge in [0.2, 0.25) is 5.88 Å². The predicted octanol–water partition coefficient (Wildman–Crippen LogP) is 2.19. The van der Waals surface area contributed by atoms with E-state index in [1.165, 1.54) is 19.4 Å². The molecule has 8 nitrogen and oxygen atoms in total. The van der Waals surface area contributed by atoms with E-state index in [-0.39, 0.29) is 16.5 Å². The van der Waals surface area contributed by atoms with Crippen molar-refractivity contribution < 1.29 is 19.4 Å². The largest absolute Gasteiger partial charge is 0.481 e. The van der Waals surface area contributed by atoms with Crippen LogP contribution in [0.3, 0.4) is 0 Å². The number of methoxy groups -OCH3 is 1.